The minimum absolute atomic E-state index is 0.345. The molecule has 1 radical (unpaired) electrons. The molecule has 2 aliphatic rings. The fraction of sp³-hybridized carbons (Fsp3) is 0.212. The topological polar surface area (TPSA) is 0 Å². The lowest BCUT2D eigenvalue weighted by molar-refractivity contribution is 0.715. The first-order valence-electron chi connectivity index (χ1n) is 12.5. The average molecular weight is 456 g/mol. The molecule has 0 amide bonds. The van der Waals surface area contributed by atoms with Gasteiger partial charge in [-0.2, -0.15) is 0 Å². The van der Waals surface area contributed by atoms with Crippen LogP contribution in [-0.4, -0.2) is 8.80 Å². The number of benzene rings is 4. The van der Waals surface area contributed by atoms with E-state index >= 15 is 0 Å². The molecule has 0 bridgehead atoms. The quantitative estimate of drug-likeness (QED) is 0.240. The summed E-state index contributed by atoms with van der Waals surface area (Å²) in [6.07, 6.45) is 3.58. The van der Waals surface area contributed by atoms with Gasteiger partial charge in [-0.1, -0.05) is 129 Å². The fourth-order valence-corrected chi connectivity index (χ4v) is 7.37. The zero-order valence-electron chi connectivity index (χ0n) is 20.5. The van der Waals surface area contributed by atoms with Gasteiger partial charge in [-0.3, -0.25) is 0 Å². The lowest BCUT2D eigenvalue weighted by Gasteiger charge is -2.27. The van der Waals surface area contributed by atoms with E-state index in [1.807, 2.05) is 0 Å². The molecule has 0 fully saturated rings. The third-order valence-corrected chi connectivity index (χ3v) is 9.22. The van der Waals surface area contributed by atoms with Crippen molar-refractivity contribution in [3.8, 4) is 22.3 Å². The molecule has 4 aromatic carbocycles. The van der Waals surface area contributed by atoms with E-state index in [1.54, 1.807) is 21.9 Å². The van der Waals surface area contributed by atoms with Crippen molar-refractivity contribution < 1.29 is 0 Å². The van der Waals surface area contributed by atoms with Gasteiger partial charge in [0.1, 0.15) is 0 Å². The van der Waals surface area contributed by atoms with Gasteiger partial charge in [-0.15, -0.1) is 0 Å². The molecule has 167 valence electrons. The standard InChI is InChI=1S/C33H31Si/c1-21(2)28-20-29-24(22-11-6-5-7-12-22)15-10-16-27(29)32(28)33-30-19-23-13-8-9-14-25(23)26(30)17-18-31(33)34(3)4/h5-18,20-21,32H,19H2,1-4H3. The Labute approximate surface area is 205 Å². The van der Waals surface area contributed by atoms with Crippen molar-refractivity contribution in [2.75, 3.05) is 0 Å². The minimum atomic E-state index is -0.625. The predicted molar refractivity (Wildman–Crippen MR) is 148 cm³/mol. The molecule has 0 saturated carbocycles. The smallest absolute Gasteiger partial charge is 0.0671 e. The average Bonchev–Trinajstić information content (AvgIpc) is 3.42. The zero-order valence-corrected chi connectivity index (χ0v) is 21.5. The lowest BCUT2D eigenvalue weighted by Crippen LogP contribution is -2.30. The summed E-state index contributed by atoms with van der Waals surface area (Å²) in [7, 11) is -0.625. The van der Waals surface area contributed by atoms with Crippen LogP contribution in [0.5, 0.6) is 0 Å². The van der Waals surface area contributed by atoms with Crippen molar-refractivity contribution in [3.05, 3.63) is 118 Å². The highest BCUT2D eigenvalue weighted by molar-refractivity contribution is 6.71. The van der Waals surface area contributed by atoms with E-state index in [4.69, 9.17) is 0 Å². The molecule has 0 N–H and O–H groups in total. The third-order valence-electron chi connectivity index (χ3n) is 7.71. The number of rotatable bonds is 4. The summed E-state index contributed by atoms with van der Waals surface area (Å²) in [4.78, 5) is 0. The number of fused-ring (bicyclic) bond motifs is 4. The van der Waals surface area contributed by atoms with Crippen LogP contribution in [0.15, 0.2) is 90.5 Å². The molecular weight excluding hydrogens is 424 g/mol. The van der Waals surface area contributed by atoms with Crippen LogP contribution in [-0.2, 0) is 6.42 Å². The third kappa shape index (κ3) is 3.26. The molecule has 6 rings (SSSR count). The molecule has 4 aromatic rings. The molecule has 0 aromatic heterocycles. The van der Waals surface area contributed by atoms with E-state index < -0.39 is 8.80 Å². The second-order valence-corrected chi connectivity index (χ2v) is 12.8. The van der Waals surface area contributed by atoms with Crippen LogP contribution in [0.1, 0.15) is 47.6 Å². The molecule has 0 heterocycles. The highest BCUT2D eigenvalue weighted by Crippen LogP contribution is 2.50. The van der Waals surface area contributed by atoms with Crippen LogP contribution >= 0.6 is 0 Å². The summed E-state index contributed by atoms with van der Waals surface area (Å²) in [5.41, 5.74) is 14.7. The summed E-state index contributed by atoms with van der Waals surface area (Å²) in [5.74, 6) is 0.843. The van der Waals surface area contributed by atoms with Gasteiger partial charge >= 0.3 is 0 Å². The predicted octanol–water partition coefficient (Wildman–Crippen LogP) is 8.07. The van der Waals surface area contributed by atoms with Crippen molar-refractivity contribution >= 4 is 20.1 Å². The van der Waals surface area contributed by atoms with E-state index in [0.29, 0.717) is 11.8 Å². The maximum atomic E-state index is 2.52. The minimum Gasteiger partial charge on any atom is -0.0671 e. The first-order valence-corrected chi connectivity index (χ1v) is 15.0. The second-order valence-electron chi connectivity index (χ2n) is 10.3. The number of hydrogen-bond donors (Lipinski definition) is 0. The van der Waals surface area contributed by atoms with Crippen LogP contribution in [0.3, 0.4) is 0 Å². The fourth-order valence-electron chi connectivity index (χ4n) is 6.12. The van der Waals surface area contributed by atoms with Gasteiger partial charge < -0.3 is 0 Å². The van der Waals surface area contributed by atoms with Gasteiger partial charge in [0.05, 0.1) is 8.80 Å². The van der Waals surface area contributed by atoms with Crippen molar-refractivity contribution in [1.29, 1.82) is 0 Å². The van der Waals surface area contributed by atoms with Crippen LogP contribution in [0.2, 0.25) is 13.1 Å². The van der Waals surface area contributed by atoms with Crippen molar-refractivity contribution in [1.82, 2.24) is 0 Å². The highest BCUT2D eigenvalue weighted by Gasteiger charge is 2.35. The first-order chi connectivity index (χ1) is 16.5. The Hall–Kier alpha value is -3.16. The largest absolute Gasteiger partial charge is 0.0795 e. The van der Waals surface area contributed by atoms with Crippen LogP contribution < -0.4 is 5.19 Å². The highest BCUT2D eigenvalue weighted by atomic mass is 28.3. The van der Waals surface area contributed by atoms with Crippen molar-refractivity contribution in [2.24, 2.45) is 5.92 Å². The molecular formula is C33H31Si. The molecule has 0 spiro atoms. The van der Waals surface area contributed by atoms with Gasteiger partial charge in [-0.25, -0.2) is 0 Å². The Kier molecular flexibility index (Phi) is 5.19. The Morgan fingerprint density at radius 3 is 2.24 bits per heavy atom. The van der Waals surface area contributed by atoms with Crippen molar-refractivity contribution in [2.45, 2.75) is 39.3 Å². The lowest BCUT2D eigenvalue weighted by atomic mass is 9.80. The SMILES string of the molecule is CC(C)C1=Cc2c(-c3ccccc3)cccc2C1c1c([Si](C)C)ccc2c1Cc1ccccc1-2. The van der Waals surface area contributed by atoms with Crippen LogP contribution in [0, 0.1) is 5.92 Å². The van der Waals surface area contributed by atoms with Crippen LogP contribution in [0.4, 0.5) is 0 Å². The molecule has 34 heavy (non-hydrogen) atoms. The van der Waals surface area contributed by atoms with Gasteiger partial charge in [-0.05, 0) is 62.4 Å². The summed E-state index contributed by atoms with van der Waals surface area (Å²) in [5, 5.41) is 1.60. The number of hydrogen-bond acceptors (Lipinski definition) is 0. The molecule has 1 heteroatoms. The maximum absolute atomic E-state index is 2.52. The number of allylic oxidation sites excluding steroid dienone is 1. The van der Waals surface area contributed by atoms with E-state index in [2.05, 4.69) is 118 Å². The summed E-state index contributed by atoms with van der Waals surface area (Å²) in [6.45, 7) is 9.64. The van der Waals surface area contributed by atoms with Gasteiger partial charge in [0.15, 0.2) is 0 Å². The van der Waals surface area contributed by atoms with E-state index in [1.165, 1.54) is 38.9 Å². The van der Waals surface area contributed by atoms with E-state index in [0.717, 1.165) is 6.42 Å². The maximum Gasteiger partial charge on any atom is 0.0795 e. The monoisotopic (exact) mass is 455 g/mol. The van der Waals surface area contributed by atoms with Gasteiger partial charge in [0.2, 0.25) is 0 Å². The zero-order chi connectivity index (χ0) is 23.4. The summed E-state index contributed by atoms with van der Waals surface area (Å²) < 4.78 is 0. The summed E-state index contributed by atoms with van der Waals surface area (Å²) in [6, 6.07) is 31.7. The van der Waals surface area contributed by atoms with Crippen molar-refractivity contribution in [3.63, 3.8) is 0 Å². The molecule has 0 saturated heterocycles. The van der Waals surface area contributed by atoms with E-state index in [-0.39, 0.29) is 0 Å². The van der Waals surface area contributed by atoms with Crippen LogP contribution in [0.25, 0.3) is 28.3 Å². The Balaban J connectivity index is 1.62. The first kappa shape index (κ1) is 21.4. The van der Waals surface area contributed by atoms with E-state index in [9.17, 15) is 0 Å². The van der Waals surface area contributed by atoms with Gasteiger partial charge in [0, 0.05) is 5.92 Å². The Morgan fingerprint density at radius 2 is 1.47 bits per heavy atom. The Morgan fingerprint density at radius 1 is 0.735 bits per heavy atom. The molecule has 0 aliphatic heterocycles. The molecule has 1 unspecified atom stereocenters. The molecule has 2 aliphatic carbocycles. The molecule has 1 atom stereocenters. The second kappa shape index (κ2) is 8.25. The molecule has 0 nitrogen and oxygen atoms in total. The normalized spacial score (nSPS) is 15.9. The Bertz CT molecular complexity index is 1420. The summed E-state index contributed by atoms with van der Waals surface area (Å²) >= 11 is 0. The van der Waals surface area contributed by atoms with Gasteiger partial charge in [0.25, 0.3) is 0 Å².